The molecule has 0 aliphatic carbocycles. The summed E-state index contributed by atoms with van der Waals surface area (Å²) in [4.78, 5) is 38.9. The molecule has 162 valence electrons. The second-order valence-electron chi connectivity index (χ2n) is 7.44. The highest BCUT2D eigenvalue weighted by molar-refractivity contribution is 6.30. The molecular weight excluding hydrogens is 430 g/mol. The van der Waals surface area contributed by atoms with Gasteiger partial charge in [-0.15, -0.1) is 0 Å². The number of carbonyl (C=O) groups is 3. The van der Waals surface area contributed by atoms with Crippen LogP contribution < -0.4 is 15.4 Å². The maximum Gasteiger partial charge on any atom is 0.325 e. The van der Waals surface area contributed by atoms with Crippen molar-refractivity contribution >= 4 is 35.1 Å². The van der Waals surface area contributed by atoms with E-state index in [9.17, 15) is 14.4 Å². The largest absolute Gasteiger partial charge is 0.457 e. The van der Waals surface area contributed by atoms with Crippen LogP contribution >= 0.6 is 11.6 Å². The van der Waals surface area contributed by atoms with E-state index in [4.69, 9.17) is 16.3 Å². The molecule has 4 amide bonds. The van der Waals surface area contributed by atoms with Crippen molar-refractivity contribution in [1.29, 1.82) is 0 Å². The first-order chi connectivity index (χ1) is 15.3. The standard InChI is InChI=1S/C24H20ClN3O4/c1-24(16-10-12-17(25)13-11-16)22(30)28(23(31)27-24)15-21(29)26-18-6-5-9-20(14-18)32-19-7-3-2-4-8-19/h2-14H,15H2,1H3,(H,26,29)(H,27,31)/t24-/m0/s1. The summed E-state index contributed by atoms with van der Waals surface area (Å²) < 4.78 is 5.76. The minimum Gasteiger partial charge on any atom is -0.457 e. The Morgan fingerprint density at radius 2 is 1.69 bits per heavy atom. The third-order valence-electron chi connectivity index (χ3n) is 5.09. The number of amides is 4. The molecule has 8 heteroatoms. The van der Waals surface area contributed by atoms with Gasteiger partial charge in [0.05, 0.1) is 0 Å². The average Bonchev–Trinajstić information content (AvgIpc) is 2.99. The van der Waals surface area contributed by atoms with Gasteiger partial charge in [0.1, 0.15) is 23.6 Å². The third kappa shape index (κ3) is 4.43. The lowest BCUT2D eigenvalue weighted by Gasteiger charge is -2.22. The first-order valence-electron chi connectivity index (χ1n) is 9.88. The Hall–Kier alpha value is -3.84. The van der Waals surface area contributed by atoms with Gasteiger partial charge in [0, 0.05) is 16.8 Å². The first kappa shape index (κ1) is 21.4. The summed E-state index contributed by atoms with van der Waals surface area (Å²) in [6.07, 6.45) is 0. The molecular formula is C24H20ClN3O4. The fourth-order valence-corrected chi connectivity index (χ4v) is 3.55. The lowest BCUT2D eigenvalue weighted by atomic mass is 9.92. The second kappa shape index (κ2) is 8.72. The van der Waals surface area contributed by atoms with Gasteiger partial charge in [0.15, 0.2) is 0 Å². The third-order valence-corrected chi connectivity index (χ3v) is 5.35. The SMILES string of the molecule is C[C@@]1(c2ccc(Cl)cc2)NC(=O)N(CC(=O)Nc2cccc(Oc3ccccc3)c2)C1=O. The quantitative estimate of drug-likeness (QED) is 0.541. The van der Waals surface area contributed by atoms with Crippen molar-refractivity contribution in [1.82, 2.24) is 10.2 Å². The fraction of sp³-hybridized carbons (Fsp3) is 0.125. The number of halogens is 1. The summed E-state index contributed by atoms with van der Waals surface area (Å²) in [5, 5.41) is 5.88. The zero-order chi connectivity index (χ0) is 22.7. The molecule has 2 N–H and O–H groups in total. The van der Waals surface area contributed by atoms with Crippen LogP contribution in [0, 0.1) is 0 Å². The maximum atomic E-state index is 13.0. The smallest absolute Gasteiger partial charge is 0.325 e. The highest BCUT2D eigenvalue weighted by Crippen LogP contribution is 2.30. The minimum absolute atomic E-state index is 0.419. The summed E-state index contributed by atoms with van der Waals surface area (Å²) in [5.41, 5.74) is -0.212. The van der Waals surface area contributed by atoms with Gasteiger partial charge in [-0.05, 0) is 48.9 Å². The number of ether oxygens (including phenoxy) is 1. The molecule has 0 aromatic heterocycles. The number of rotatable bonds is 6. The van der Waals surface area contributed by atoms with E-state index in [2.05, 4.69) is 10.6 Å². The van der Waals surface area contributed by atoms with Gasteiger partial charge in [-0.2, -0.15) is 0 Å². The Bertz CT molecular complexity index is 1170. The van der Waals surface area contributed by atoms with Crippen LogP contribution in [-0.2, 0) is 15.1 Å². The van der Waals surface area contributed by atoms with Gasteiger partial charge in [0.2, 0.25) is 5.91 Å². The first-order valence-corrected chi connectivity index (χ1v) is 10.3. The number of nitrogens with one attached hydrogen (secondary N) is 2. The van der Waals surface area contributed by atoms with Gasteiger partial charge in [0.25, 0.3) is 5.91 Å². The summed E-state index contributed by atoms with van der Waals surface area (Å²) in [5.74, 6) is 0.183. The lowest BCUT2D eigenvalue weighted by Crippen LogP contribution is -2.42. The maximum absolute atomic E-state index is 13.0. The molecule has 0 saturated carbocycles. The van der Waals surface area contributed by atoms with E-state index >= 15 is 0 Å². The monoisotopic (exact) mass is 449 g/mol. The second-order valence-corrected chi connectivity index (χ2v) is 7.88. The van der Waals surface area contributed by atoms with Gasteiger partial charge < -0.3 is 15.4 Å². The normalized spacial score (nSPS) is 17.8. The molecule has 7 nitrogen and oxygen atoms in total. The van der Waals surface area contributed by atoms with E-state index in [-0.39, 0.29) is 0 Å². The van der Waals surface area contributed by atoms with E-state index < -0.39 is 29.9 Å². The highest BCUT2D eigenvalue weighted by Gasteiger charge is 2.49. The van der Waals surface area contributed by atoms with E-state index in [1.807, 2.05) is 30.3 Å². The zero-order valence-corrected chi connectivity index (χ0v) is 17.9. The fourth-order valence-electron chi connectivity index (χ4n) is 3.43. The highest BCUT2D eigenvalue weighted by atomic mass is 35.5. The molecule has 3 aromatic rings. The van der Waals surface area contributed by atoms with Crippen LogP contribution in [0.4, 0.5) is 10.5 Å². The van der Waals surface area contributed by atoms with Crippen LogP contribution in [0.3, 0.4) is 0 Å². The van der Waals surface area contributed by atoms with Gasteiger partial charge in [-0.25, -0.2) is 4.79 Å². The number of hydrogen-bond donors (Lipinski definition) is 2. The topological polar surface area (TPSA) is 87.7 Å². The van der Waals surface area contributed by atoms with Crippen molar-refractivity contribution in [3.05, 3.63) is 89.4 Å². The molecule has 1 aliphatic heterocycles. The predicted molar refractivity (Wildman–Crippen MR) is 121 cm³/mol. The molecule has 0 bridgehead atoms. The number of para-hydroxylation sites is 1. The summed E-state index contributed by atoms with van der Waals surface area (Å²) in [6, 6.07) is 22.1. The summed E-state index contributed by atoms with van der Waals surface area (Å²) in [6.45, 7) is 1.18. The Morgan fingerprint density at radius 3 is 2.41 bits per heavy atom. The van der Waals surface area contributed by atoms with E-state index in [1.165, 1.54) is 0 Å². The van der Waals surface area contributed by atoms with Crippen LogP contribution in [0.15, 0.2) is 78.9 Å². The van der Waals surface area contributed by atoms with Crippen molar-refractivity contribution in [3.8, 4) is 11.5 Å². The Balaban J connectivity index is 1.43. The number of hydrogen-bond acceptors (Lipinski definition) is 4. The van der Waals surface area contributed by atoms with E-state index in [0.29, 0.717) is 27.8 Å². The van der Waals surface area contributed by atoms with Crippen LogP contribution in [0.2, 0.25) is 5.02 Å². The van der Waals surface area contributed by atoms with Crippen LogP contribution in [0.5, 0.6) is 11.5 Å². The molecule has 1 heterocycles. The summed E-state index contributed by atoms with van der Waals surface area (Å²) in [7, 11) is 0. The molecule has 1 saturated heterocycles. The van der Waals surface area contributed by atoms with Gasteiger partial charge >= 0.3 is 6.03 Å². The molecule has 0 unspecified atom stereocenters. The van der Waals surface area contributed by atoms with Crippen molar-refractivity contribution in [2.75, 3.05) is 11.9 Å². The molecule has 0 spiro atoms. The van der Waals surface area contributed by atoms with Gasteiger partial charge in [-0.3, -0.25) is 14.5 Å². The average molecular weight is 450 g/mol. The number of benzene rings is 3. The molecule has 1 fully saturated rings. The lowest BCUT2D eigenvalue weighted by molar-refractivity contribution is -0.133. The molecule has 32 heavy (non-hydrogen) atoms. The molecule has 3 aromatic carbocycles. The van der Waals surface area contributed by atoms with Gasteiger partial charge in [-0.1, -0.05) is 48.0 Å². The Kier molecular flexibility index (Phi) is 5.83. The minimum atomic E-state index is -1.27. The molecule has 0 radical (unpaired) electrons. The molecule has 1 atom stereocenters. The Morgan fingerprint density at radius 1 is 1.00 bits per heavy atom. The number of nitrogens with zero attached hydrogens (tertiary/aromatic N) is 1. The Labute approximate surface area is 189 Å². The van der Waals surface area contributed by atoms with Crippen molar-refractivity contribution in [2.45, 2.75) is 12.5 Å². The van der Waals surface area contributed by atoms with E-state index in [1.54, 1.807) is 55.5 Å². The number of anilines is 1. The zero-order valence-electron chi connectivity index (χ0n) is 17.2. The molecule has 1 aliphatic rings. The number of urea groups is 1. The number of imide groups is 1. The van der Waals surface area contributed by atoms with E-state index in [0.717, 1.165) is 4.90 Å². The van der Waals surface area contributed by atoms with Crippen LogP contribution in [0.1, 0.15) is 12.5 Å². The van der Waals surface area contributed by atoms with Crippen LogP contribution in [-0.4, -0.2) is 29.3 Å². The predicted octanol–water partition coefficient (Wildman–Crippen LogP) is 4.54. The van der Waals surface area contributed by atoms with Crippen molar-refractivity contribution in [3.63, 3.8) is 0 Å². The number of carbonyl (C=O) groups excluding carboxylic acids is 3. The summed E-state index contributed by atoms with van der Waals surface area (Å²) >= 11 is 5.92. The van der Waals surface area contributed by atoms with Crippen molar-refractivity contribution < 1.29 is 19.1 Å². The molecule has 4 rings (SSSR count). The van der Waals surface area contributed by atoms with Crippen molar-refractivity contribution in [2.24, 2.45) is 0 Å². The van der Waals surface area contributed by atoms with Crippen LogP contribution in [0.25, 0.3) is 0 Å².